The van der Waals surface area contributed by atoms with Gasteiger partial charge in [0.25, 0.3) is 17.7 Å². The lowest BCUT2D eigenvalue weighted by molar-refractivity contribution is -0.137. The fraction of sp³-hybridized carbons (Fsp3) is 0.360. The maximum atomic E-state index is 12.8. The zero-order valence-corrected chi connectivity index (χ0v) is 22.3. The molecule has 0 saturated carbocycles. The van der Waals surface area contributed by atoms with Crippen molar-refractivity contribution in [3.63, 3.8) is 0 Å². The number of ether oxygens (including phenoxy) is 2. The molecule has 1 aliphatic heterocycles. The van der Waals surface area contributed by atoms with E-state index in [0.717, 1.165) is 4.47 Å². The van der Waals surface area contributed by atoms with Crippen molar-refractivity contribution in [1.82, 2.24) is 15.6 Å². The number of amides is 3. The van der Waals surface area contributed by atoms with Crippen molar-refractivity contribution < 1.29 is 23.9 Å². The van der Waals surface area contributed by atoms with E-state index in [1.807, 2.05) is 13.8 Å². The number of nitrogens with zero attached hydrogens (tertiary/aromatic N) is 2. The first-order chi connectivity index (χ1) is 17.3. The molecule has 0 aliphatic carbocycles. The molecule has 1 aliphatic rings. The summed E-state index contributed by atoms with van der Waals surface area (Å²) >= 11 is 9.51. The molecule has 0 bridgehead atoms. The topological polar surface area (TPSA) is 109 Å². The van der Waals surface area contributed by atoms with E-state index in [1.54, 1.807) is 47.4 Å². The fourth-order valence-electron chi connectivity index (χ4n) is 3.43. The van der Waals surface area contributed by atoms with E-state index in [1.165, 1.54) is 6.21 Å². The van der Waals surface area contributed by atoms with Crippen LogP contribution in [0.3, 0.4) is 0 Å². The Kier molecular flexibility index (Phi) is 10.3. The summed E-state index contributed by atoms with van der Waals surface area (Å²) in [5.74, 6) is -0.841. The maximum Gasteiger partial charge on any atom is 0.262 e. The highest BCUT2D eigenvalue weighted by atomic mass is 79.9. The Balaban J connectivity index is 1.63. The van der Waals surface area contributed by atoms with Gasteiger partial charge in [0.1, 0.15) is 11.8 Å². The number of hydrogen-bond acceptors (Lipinski definition) is 6. The van der Waals surface area contributed by atoms with Crippen molar-refractivity contribution in [3.05, 3.63) is 63.1 Å². The standard InChI is InChI=1S/C25H28BrClN4O5/c1-16(2)23(29-24(33)19-5-3-4-6-20(19)27)25(34)30-28-14-17-13-18(26)7-8-21(17)36-15-22(32)31-9-11-35-12-10-31/h3-8,13-14,16,23H,9-12,15H2,1-2H3,(H,29,33)(H,30,34)/b28-14-. The molecule has 1 unspecified atom stereocenters. The van der Waals surface area contributed by atoms with Gasteiger partial charge in [-0.05, 0) is 36.2 Å². The second-order valence-corrected chi connectivity index (χ2v) is 9.70. The molecule has 3 rings (SSSR count). The molecule has 9 nitrogen and oxygen atoms in total. The first-order valence-electron chi connectivity index (χ1n) is 11.4. The second-order valence-electron chi connectivity index (χ2n) is 8.37. The van der Waals surface area contributed by atoms with Crippen LogP contribution >= 0.6 is 27.5 Å². The summed E-state index contributed by atoms with van der Waals surface area (Å²) in [6, 6.07) is 11.0. The Labute approximate surface area is 223 Å². The van der Waals surface area contributed by atoms with Crippen molar-refractivity contribution >= 4 is 51.5 Å². The third-order valence-corrected chi connectivity index (χ3v) is 6.24. The zero-order chi connectivity index (χ0) is 26.1. The lowest BCUT2D eigenvalue weighted by atomic mass is 10.0. The van der Waals surface area contributed by atoms with Crippen LogP contribution < -0.4 is 15.5 Å². The average Bonchev–Trinajstić information content (AvgIpc) is 2.87. The highest BCUT2D eigenvalue weighted by Gasteiger charge is 2.25. The van der Waals surface area contributed by atoms with Crippen LogP contribution in [0.15, 0.2) is 52.0 Å². The molecule has 192 valence electrons. The average molecular weight is 580 g/mol. The monoisotopic (exact) mass is 578 g/mol. The van der Waals surface area contributed by atoms with Crippen LogP contribution in [0.5, 0.6) is 5.75 Å². The van der Waals surface area contributed by atoms with E-state index in [2.05, 4.69) is 31.8 Å². The highest BCUT2D eigenvalue weighted by molar-refractivity contribution is 9.10. The molecular formula is C25H28BrClN4O5. The van der Waals surface area contributed by atoms with Crippen molar-refractivity contribution in [2.45, 2.75) is 19.9 Å². The van der Waals surface area contributed by atoms with Crippen molar-refractivity contribution in [2.24, 2.45) is 11.0 Å². The lowest BCUT2D eigenvalue weighted by Gasteiger charge is -2.26. The quantitative estimate of drug-likeness (QED) is 0.350. The third-order valence-electron chi connectivity index (χ3n) is 5.42. The molecule has 0 spiro atoms. The molecule has 1 heterocycles. The fourth-order valence-corrected chi connectivity index (χ4v) is 4.03. The van der Waals surface area contributed by atoms with Crippen LogP contribution in [0.1, 0.15) is 29.8 Å². The van der Waals surface area contributed by atoms with Crippen LogP contribution in [0.4, 0.5) is 0 Å². The van der Waals surface area contributed by atoms with Gasteiger partial charge in [-0.2, -0.15) is 5.10 Å². The molecule has 2 aromatic rings. The number of benzene rings is 2. The molecule has 2 aromatic carbocycles. The van der Waals surface area contributed by atoms with Crippen LogP contribution in [0.2, 0.25) is 5.02 Å². The minimum absolute atomic E-state index is 0.127. The minimum Gasteiger partial charge on any atom is -0.483 e. The Morgan fingerprint density at radius 2 is 1.92 bits per heavy atom. The van der Waals surface area contributed by atoms with Gasteiger partial charge < -0.3 is 19.7 Å². The summed E-state index contributed by atoms with van der Waals surface area (Å²) < 4.78 is 11.8. The van der Waals surface area contributed by atoms with Gasteiger partial charge in [-0.15, -0.1) is 0 Å². The number of hydrogen-bond donors (Lipinski definition) is 2. The second kappa shape index (κ2) is 13.4. The van der Waals surface area contributed by atoms with Crippen LogP contribution in [0, 0.1) is 5.92 Å². The summed E-state index contributed by atoms with van der Waals surface area (Å²) in [6.45, 7) is 5.59. The number of halogens is 2. The first-order valence-corrected chi connectivity index (χ1v) is 12.6. The van der Waals surface area contributed by atoms with Crippen LogP contribution in [-0.4, -0.2) is 67.8 Å². The number of carbonyl (C=O) groups is 3. The number of rotatable bonds is 9. The molecule has 3 amide bonds. The summed E-state index contributed by atoms with van der Waals surface area (Å²) in [7, 11) is 0. The number of morpholine rings is 1. The summed E-state index contributed by atoms with van der Waals surface area (Å²) in [5, 5.41) is 7.06. The molecule has 2 N–H and O–H groups in total. The van der Waals surface area contributed by atoms with Crippen molar-refractivity contribution in [2.75, 3.05) is 32.9 Å². The van der Waals surface area contributed by atoms with E-state index in [9.17, 15) is 14.4 Å². The molecule has 11 heteroatoms. The van der Waals surface area contributed by atoms with Crippen LogP contribution in [0.25, 0.3) is 0 Å². The third kappa shape index (κ3) is 7.78. The van der Waals surface area contributed by atoms with Crippen LogP contribution in [-0.2, 0) is 14.3 Å². The Bertz CT molecular complexity index is 1120. The van der Waals surface area contributed by atoms with Crippen molar-refractivity contribution in [1.29, 1.82) is 0 Å². The van der Waals surface area contributed by atoms with E-state index < -0.39 is 17.9 Å². The summed E-state index contributed by atoms with van der Waals surface area (Å²) in [6.07, 6.45) is 1.42. The van der Waals surface area contributed by atoms with E-state index >= 15 is 0 Å². The Morgan fingerprint density at radius 1 is 1.19 bits per heavy atom. The predicted molar refractivity (Wildman–Crippen MR) is 140 cm³/mol. The van der Waals surface area contributed by atoms with Gasteiger partial charge >= 0.3 is 0 Å². The maximum absolute atomic E-state index is 12.8. The van der Waals surface area contributed by atoms with Crippen molar-refractivity contribution in [3.8, 4) is 5.75 Å². The lowest BCUT2D eigenvalue weighted by Crippen LogP contribution is -2.48. The highest BCUT2D eigenvalue weighted by Crippen LogP contribution is 2.22. The van der Waals surface area contributed by atoms with Gasteiger partial charge in [0, 0.05) is 23.1 Å². The van der Waals surface area contributed by atoms with Gasteiger partial charge in [-0.25, -0.2) is 5.43 Å². The number of nitrogens with one attached hydrogen (secondary N) is 2. The van der Waals surface area contributed by atoms with E-state index in [-0.39, 0.29) is 24.0 Å². The minimum atomic E-state index is -0.838. The first kappa shape index (κ1) is 27.6. The zero-order valence-electron chi connectivity index (χ0n) is 20.0. The molecule has 0 aromatic heterocycles. The van der Waals surface area contributed by atoms with Gasteiger partial charge in [0.2, 0.25) is 0 Å². The summed E-state index contributed by atoms with van der Waals surface area (Å²) in [5.41, 5.74) is 3.31. The smallest absolute Gasteiger partial charge is 0.262 e. The van der Waals surface area contributed by atoms with Gasteiger partial charge in [-0.3, -0.25) is 14.4 Å². The molecule has 0 radical (unpaired) electrons. The molecule has 1 atom stereocenters. The SMILES string of the molecule is CC(C)C(NC(=O)c1ccccc1Cl)C(=O)N/N=C\c1cc(Br)ccc1OCC(=O)N1CCOCC1. The number of hydrazone groups is 1. The summed E-state index contributed by atoms with van der Waals surface area (Å²) in [4.78, 5) is 39.5. The van der Waals surface area contributed by atoms with E-state index in [4.69, 9.17) is 21.1 Å². The molecular weight excluding hydrogens is 552 g/mol. The number of carbonyl (C=O) groups excluding carboxylic acids is 3. The van der Waals surface area contributed by atoms with E-state index in [0.29, 0.717) is 42.6 Å². The molecule has 36 heavy (non-hydrogen) atoms. The van der Waals surface area contributed by atoms with Gasteiger partial charge in [-0.1, -0.05) is 53.5 Å². The van der Waals surface area contributed by atoms with Gasteiger partial charge in [0.15, 0.2) is 6.61 Å². The Hall–Kier alpha value is -2.95. The molecule has 1 saturated heterocycles. The van der Waals surface area contributed by atoms with Gasteiger partial charge in [0.05, 0.1) is 30.0 Å². The normalized spacial score (nSPS) is 14.5. The molecule has 1 fully saturated rings. The largest absolute Gasteiger partial charge is 0.483 e. The Morgan fingerprint density at radius 3 is 2.61 bits per heavy atom. The predicted octanol–water partition coefficient (Wildman–Crippen LogP) is 3.24.